The Kier molecular flexibility index (Phi) is 5.47. The van der Waals surface area contributed by atoms with E-state index in [1.807, 2.05) is 0 Å². The van der Waals surface area contributed by atoms with Crippen molar-refractivity contribution in [2.24, 2.45) is 0 Å². The molecule has 0 aliphatic rings. The van der Waals surface area contributed by atoms with Crippen LogP contribution >= 0.6 is 11.6 Å². The third kappa shape index (κ3) is 3.39. The number of benzene rings is 1. The fourth-order valence-electron chi connectivity index (χ4n) is 2.69. The molecule has 0 fully saturated rings. The van der Waals surface area contributed by atoms with Crippen LogP contribution in [0.4, 0.5) is 17.6 Å². The first-order valence-electron chi connectivity index (χ1n) is 8.02. The Balaban J connectivity index is 2.57. The van der Waals surface area contributed by atoms with E-state index in [0.717, 1.165) is 13.2 Å². The molecule has 0 saturated heterocycles. The lowest BCUT2D eigenvalue weighted by Crippen LogP contribution is -2.21. The van der Waals surface area contributed by atoms with Crippen molar-refractivity contribution < 1.29 is 31.8 Å². The summed E-state index contributed by atoms with van der Waals surface area (Å²) in [7, 11) is 1.06. The molecular weight excluding hydrogens is 420 g/mol. The SMILES string of the molecule is CCOC(=O)c1cc(=O)c2cc(F)c(F)c(Cl)c2n1-c1nc(OC)c(F)cc1F. The van der Waals surface area contributed by atoms with E-state index in [1.165, 1.54) is 6.92 Å². The van der Waals surface area contributed by atoms with E-state index in [9.17, 15) is 27.2 Å². The van der Waals surface area contributed by atoms with E-state index in [4.69, 9.17) is 21.1 Å². The van der Waals surface area contributed by atoms with Gasteiger partial charge in [-0.3, -0.25) is 9.36 Å². The van der Waals surface area contributed by atoms with Gasteiger partial charge in [0, 0.05) is 12.1 Å². The van der Waals surface area contributed by atoms with Crippen LogP contribution in [0.25, 0.3) is 16.7 Å². The van der Waals surface area contributed by atoms with Crippen LogP contribution < -0.4 is 10.2 Å². The van der Waals surface area contributed by atoms with Crippen molar-refractivity contribution in [1.29, 1.82) is 0 Å². The monoisotopic (exact) mass is 430 g/mol. The lowest BCUT2D eigenvalue weighted by molar-refractivity contribution is 0.0516. The molecule has 0 spiro atoms. The number of hydrogen-bond acceptors (Lipinski definition) is 5. The van der Waals surface area contributed by atoms with Crippen molar-refractivity contribution in [3.05, 3.63) is 62.4 Å². The van der Waals surface area contributed by atoms with E-state index < -0.39 is 68.0 Å². The molecule has 0 saturated carbocycles. The minimum absolute atomic E-state index is 0.112. The molecule has 6 nitrogen and oxygen atoms in total. The maximum Gasteiger partial charge on any atom is 0.355 e. The highest BCUT2D eigenvalue weighted by atomic mass is 35.5. The van der Waals surface area contributed by atoms with Crippen molar-refractivity contribution in [3.63, 3.8) is 0 Å². The first-order valence-corrected chi connectivity index (χ1v) is 8.39. The Morgan fingerprint density at radius 1 is 1.14 bits per heavy atom. The molecule has 3 aromatic rings. The van der Waals surface area contributed by atoms with Crippen LogP contribution in [0.2, 0.25) is 5.02 Å². The number of nitrogens with zero attached hydrogens (tertiary/aromatic N) is 2. The number of carbonyl (C=O) groups excluding carboxylic acids is 1. The van der Waals surface area contributed by atoms with Gasteiger partial charge >= 0.3 is 5.97 Å². The van der Waals surface area contributed by atoms with Crippen molar-refractivity contribution in [1.82, 2.24) is 9.55 Å². The molecule has 0 atom stereocenters. The Bertz CT molecular complexity index is 1210. The second kappa shape index (κ2) is 7.70. The molecule has 152 valence electrons. The van der Waals surface area contributed by atoms with Crippen LogP contribution in [0, 0.1) is 23.3 Å². The molecule has 11 heteroatoms. The number of rotatable bonds is 4. The van der Waals surface area contributed by atoms with Gasteiger partial charge in [0.25, 0.3) is 5.88 Å². The maximum atomic E-state index is 14.6. The van der Waals surface area contributed by atoms with Crippen molar-refractivity contribution in [2.45, 2.75) is 6.92 Å². The van der Waals surface area contributed by atoms with Gasteiger partial charge in [-0.1, -0.05) is 11.6 Å². The van der Waals surface area contributed by atoms with Crippen molar-refractivity contribution in [2.75, 3.05) is 13.7 Å². The van der Waals surface area contributed by atoms with Crippen molar-refractivity contribution in [3.8, 4) is 11.7 Å². The standard InChI is InChI=1S/C18H11ClF4N2O4/c1-3-29-18(27)11-6-12(26)7-4-8(20)14(23)13(19)15(7)25(11)16-9(21)5-10(22)17(24-16)28-2/h4-6H,3H2,1-2H3. The molecule has 0 N–H and O–H groups in total. The summed E-state index contributed by atoms with van der Waals surface area (Å²) in [4.78, 5) is 28.4. The maximum absolute atomic E-state index is 14.6. The molecule has 0 aliphatic heterocycles. The molecule has 0 radical (unpaired) electrons. The lowest BCUT2D eigenvalue weighted by Gasteiger charge is -2.18. The molecule has 29 heavy (non-hydrogen) atoms. The molecule has 3 rings (SSSR count). The zero-order valence-electron chi connectivity index (χ0n) is 14.9. The first-order chi connectivity index (χ1) is 13.7. The summed E-state index contributed by atoms with van der Waals surface area (Å²) in [5.74, 6) is -7.91. The summed E-state index contributed by atoms with van der Waals surface area (Å²) in [5, 5.41) is -1.38. The lowest BCUT2D eigenvalue weighted by atomic mass is 10.1. The second-order valence-electron chi connectivity index (χ2n) is 5.62. The minimum Gasteiger partial charge on any atom is -0.479 e. The topological polar surface area (TPSA) is 70.4 Å². The van der Waals surface area contributed by atoms with Gasteiger partial charge < -0.3 is 9.47 Å². The third-order valence-corrected chi connectivity index (χ3v) is 4.25. The number of carbonyl (C=O) groups is 1. The predicted molar refractivity (Wildman–Crippen MR) is 94.7 cm³/mol. The van der Waals surface area contributed by atoms with Gasteiger partial charge in [0.1, 0.15) is 10.7 Å². The molecule has 2 aromatic heterocycles. The van der Waals surface area contributed by atoms with Crippen LogP contribution in [0.5, 0.6) is 5.88 Å². The van der Waals surface area contributed by atoms with Gasteiger partial charge in [-0.15, -0.1) is 0 Å². The number of ether oxygens (including phenoxy) is 2. The van der Waals surface area contributed by atoms with Gasteiger partial charge in [0.2, 0.25) is 0 Å². The highest BCUT2D eigenvalue weighted by Gasteiger charge is 2.26. The first kappa shape index (κ1) is 20.6. The van der Waals surface area contributed by atoms with Gasteiger partial charge in [-0.25, -0.2) is 22.4 Å². The van der Waals surface area contributed by atoms with E-state index in [-0.39, 0.29) is 6.61 Å². The van der Waals surface area contributed by atoms with Gasteiger partial charge in [0.15, 0.2) is 34.5 Å². The fourth-order valence-corrected chi connectivity index (χ4v) is 2.97. The van der Waals surface area contributed by atoms with E-state index >= 15 is 0 Å². The Morgan fingerprint density at radius 2 is 1.83 bits per heavy atom. The normalized spacial score (nSPS) is 11.0. The largest absolute Gasteiger partial charge is 0.479 e. The summed E-state index contributed by atoms with van der Waals surface area (Å²) >= 11 is 5.89. The van der Waals surface area contributed by atoms with E-state index in [2.05, 4.69) is 4.98 Å². The van der Waals surface area contributed by atoms with Gasteiger partial charge in [-0.05, 0) is 13.0 Å². The van der Waals surface area contributed by atoms with Crippen LogP contribution in [0.15, 0.2) is 23.0 Å². The molecule has 0 amide bonds. The summed E-state index contributed by atoms with van der Waals surface area (Å²) in [6.45, 7) is 1.36. The summed E-state index contributed by atoms with van der Waals surface area (Å²) in [6, 6.07) is 1.68. The molecule has 0 unspecified atom stereocenters. The average molecular weight is 431 g/mol. The van der Waals surface area contributed by atoms with Crippen LogP contribution in [-0.4, -0.2) is 29.2 Å². The number of pyridine rings is 2. The zero-order valence-corrected chi connectivity index (χ0v) is 15.6. The summed E-state index contributed by atoms with van der Waals surface area (Å²) in [5.41, 5.74) is -2.05. The number of methoxy groups -OCH3 is 1. The van der Waals surface area contributed by atoms with Crippen molar-refractivity contribution >= 4 is 28.5 Å². The number of halogens is 5. The molecule has 1 aromatic carbocycles. The second-order valence-corrected chi connectivity index (χ2v) is 6.00. The summed E-state index contributed by atoms with van der Waals surface area (Å²) < 4.78 is 66.5. The number of esters is 1. The minimum atomic E-state index is -1.54. The van der Waals surface area contributed by atoms with E-state index in [0.29, 0.717) is 16.7 Å². The molecule has 0 aliphatic carbocycles. The molecule has 0 bridgehead atoms. The number of aromatic nitrogens is 2. The molecular formula is C18H11ClF4N2O4. The Labute approximate surface area is 165 Å². The average Bonchev–Trinajstić information content (AvgIpc) is 2.67. The van der Waals surface area contributed by atoms with E-state index in [1.54, 1.807) is 0 Å². The van der Waals surface area contributed by atoms with Gasteiger partial charge in [-0.2, -0.15) is 4.98 Å². The predicted octanol–water partition coefficient (Wildman–Crippen LogP) is 3.78. The molecule has 2 heterocycles. The van der Waals surface area contributed by atoms with Crippen LogP contribution in [0.1, 0.15) is 17.4 Å². The number of hydrogen-bond donors (Lipinski definition) is 0. The van der Waals surface area contributed by atoms with Crippen LogP contribution in [0.3, 0.4) is 0 Å². The third-order valence-electron chi connectivity index (χ3n) is 3.90. The smallest absolute Gasteiger partial charge is 0.355 e. The van der Waals surface area contributed by atoms with Crippen LogP contribution in [-0.2, 0) is 4.74 Å². The van der Waals surface area contributed by atoms with Gasteiger partial charge in [0.05, 0.1) is 24.6 Å². The highest BCUT2D eigenvalue weighted by Crippen LogP contribution is 2.31. The Morgan fingerprint density at radius 3 is 2.45 bits per heavy atom. The highest BCUT2D eigenvalue weighted by molar-refractivity contribution is 6.35. The number of fused-ring (bicyclic) bond motifs is 1. The summed E-state index contributed by atoms with van der Waals surface area (Å²) in [6.07, 6.45) is 0. The fraction of sp³-hybridized carbons (Fsp3) is 0.167. The quantitative estimate of drug-likeness (QED) is 0.358. The zero-order chi connectivity index (χ0) is 21.5. The Hall–Kier alpha value is -3.14.